The second kappa shape index (κ2) is 4.89. The van der Waals surface area contributed by atoms with E-state index in [-0.39, 0.29) is 17.3 Å². The number of fused-ring (bicyclic) bond motifs is 1. The third kappa shape index (κ3) is 2.35. The molecule has 2 aromatic carbocycles. The number of Topliss-reactive ketones (excluding diaryl/α,β-unsaturated/α-hetero) is 1. The van der Waals surface area contributed by atoms with Crippen LogP contribution in [0.4, 0.5) is 4.39 Å². The molecule has 0 N–H and O–H groups in total. The molecule has 1 aliphatic carbocycles. The van der Waals surface area contributed by atoms with Crippen molar-refractivity contribution in [3.63, 3.8) is 0 Å². The summed E-state index contributed by atoms with van der Waals surface area (Å²) in [7, 11) is 0. The van der Waals surface area contributed by atoms with Crippen molar-refractivity contribution in [1.82, 2.24) is 0 Å². The van der Waals surface area contributed by atoms with E-state index in [9.17, 15) is 9.18 Å². The van der Waals surface area contributed by atoms with Gasteiger partial charge in [-0.3, -0.25) is 4.79 Å². The first-order valence-electron chi connectivity index (χ1n) is 6.21. The van der Waals surface area contributed by atoms with Crippen molar-refractivity contribution >= 4 is 21.7 Å². The van der Waals surface area contributed by atoms with Crippen molar-refractivity contribution in [2.24, 2.45) is 0 Å². The lowest BCUT2D eigenvalue weighted by atomic mass is 9.74. The number of halogens is 2. The largest absolute Gasteiger partial charge is 0.294 e. The van der Waals surface area contributed by atoms with Crippen LogP contribution in [0.15, 0.2) is 46.9 Å². The van der Waals surface area contributed by atoms with E-state index in [1.807, 2.05) is 18.2 Å². The molecule has 0 aromatic heterocycles. The molecule has 2 aromatic rings. The van der Waals surface area contributed by atoms with E-state index in [2.05, 4.69) is 22.0 Å². The monoisotopic (exact) mass is 318 g/mol. The molecule has 1 unspecified atom stereocenters. The molecule has 1 nitrogen and oxygen atoms in total. The second-order valence-electron chi connectivity index (χ2n) is 4.85. The highest BCUT2D eigenvalue weighted by Crippen LogP contribution is 2.38. The minimum atomic E-state index is -0.444. The molecule has 0 fully saturated rings. The summed E-state index contributed by atoms with van der Waals surface area (Å²) >= 11 is 3.27. The van der Waals surface area contributed by atoms with Crippen molar-refractivity contribution in [3.8, 4) is 0 Å². The number of benzene rings is 2. The lowest BCUT2D eigenvalue weighted by Gasteiger charge is -2.29. The fourth-order valence-corrected chi connectivity index (χ4v) is 2.95. The van der Waals surface area contributed by atoms with Gasteiger partial charge in [-0.15, -0.1) is 0 Å². The highest BCUT2D eigenvalue weighted by atomic mass is 79.9. The Bertz CT molecular complexity index is 651. The quantitative estimate of drug-likeness (QED) is 0.761. The molecule has 0 heterocycles. The summed E-state index contributed by atoms with van der Waals surface area (Å²) in [4.78, 5) is 12.2. The van der Waals surface area contributed by atoms with E-state index in [1.165, 1.54) is 17.2 Å². The van der Waals surface area contributed by atoms with Crippen molar-refractivity contribution < 1.29 is 9.18 Å². The van der Waals surface area contributed by atoms with Gasteiger partial charge in [0.1, 0.15) is 5.82 Å². The van der Waals surface area contributed by atoms with Crippen LogP contribution in [0.3, 0.4) is 0 Å². The molecule has 0 saturated carbocycles. The zero-order valence-corrected chi connectivity index (χ0v) is 11.8. The van der Waals surface area contributed by atoms with Gasteiger partial charge in [0.25, 0.3) is 0 Å². The molecule has 3 heteroatoms. The third-order valence-corrected chi connectivity index (χ3v) is 4.12. The molecule has 0 spiro atoms. The summed E-state index contributed by atoms with van der Waals surface area (Å²) < 4.78 is 14.4. The number of carbonyl (C=O) groups excluding carboxylic acids is 1. The van der Waals surface area contributed by atoms with Gasteiger partial charge in [-0.2, -0.15) is 0 Å². The van der Waals surface area contributed by atoms with Gasteiger partial charge in [0.2, 0.25) is 0 Å². The fraction of sp³-hybridized carbons (Fsp3) is 0.188. The highest BCUT2D eigenvalue weighted by molar-refractivity contribution is 9.10. The van der Waals surface area contributed by atoms with Crippen LogP contribution in [0.25, 0.3) is 0 Å². The molecule has 0 bridgehead atoms. The van der Waals surface area contributed by atoms with E-state index in [4.69, 9.17) is 0 Å². The van der Waals surface area contributed by atoms with E-state index in [0.29, 0.717) is 6.42 Å². The van der Waals surface area contributed by atoms with Crippen LogP contribution in [0.1, 0.15) is 33.8 Å². The van der Waals surface area contributed by atoms with Crippen LogP contribution < -0.4 is 0 Å². The van der Waals surface area contributed by atoms with Crippen LogP contribution >= 0.6 is 15.9 Å². The van der Waals surface area contributed by atoms with Crippen LogP contribution in [0, 0.1) is 5.82 Å². The van der Waals surface area contributed by atoms with Gasteiger partial charge in [-0.05, 0) is 41.7 Å². The minimum Gasteiger partial charge on any atom is -0.294 e. The van der Waals surface area contributed by atoms with Gasteiger partial charge in [-0.1, -0.05) is 40.2 Å². The molecule has 19 heavy (non-hydrogen) atoms. The first-order valence-corrected chi connectivity index (χ1v) is 7.00. The SMILES string of the molecule is O=C(CC1Cc2ccccc21)c1cc(Br)ccc1F. The molecule has 1 aliphatic rings. The number of rotatable bonds is 3. The summed E-state index contributed by atoms with van der Waals surface area (Å²) in [5.74, 6) is -0.332. The molecule has 96 valence electrons. The maximum Gasteiger partial charge on any atom is 0.166 e. The van der Waals surface area contributed by atoms with Crippen LogP contribution in [-0.4, -0.2) is 5.78 Å². The Hall–Kier alpha value is -1.48. The number of hydrogen-bond donors (Lipinski definition) is 0. The van der Waals surface area contributed by atoms with Gasteiger partial charge in [0, 0.05) is 10.9 Å². The van der Waals surface area contributed by atoms with Gasteiger partial charge in [-0.25, -0.2) is 4.39 Å². The fourth-order valence-electron chi connectivity index (χ4n) is 2.59. The van der Waals surface area contributed by atoms with Crippen molar-refractivity contribution in [3.05, 3.63) is 69.4 Å². The zero-order valence-electron chi connectivity index (χ0n) is 10.2. The Balaban J connectivity index is 1.79. The lowest BCUT2D eigenvalue weighted by Crippen LogP contribution is -2.20. The summed E-state index contributed by atoms with van der Waals surface area (Å²) in [5, 5.41) is 0. The predicted octanol–water partition coefficient (Wildman–Crippen LogP) is 4.50. The van der Waals surface area contributed by atoms with Gasteiger partial charge in [0.05, 0.1) is 5.56 Å². The second-order valence-corrected chi connectivity index (χ2v) is 5.77. The average Bonchev–Trinajstić information content (AvgIpc) is 2.38. The highest BCUT2D eigenvalue weighted by Gasteiger charge is 2.28. The first kappa shape index (κ1) is 12.5. The molecule has 0 amide bonds. The maximum absolute atomic E-state index is 13.6. The van der Waals surface area contributed by atoms with E-state index < -0.39 is 5.82 Å². The normalized spacial score (nSPS) is 16.6. The van der Waals surface area contributed by atoms with E-state index in [1.54, 1.807) is 12.1 Å². The van der Waals surface area contributed by atoms with Crippen LogP contribution in [0.5, 0.6) is 0 Å². The molecule has 0 radical (unpaired) electrons. The first-order chi connectivity index (χ1) is 9.15. The molecule has 3 rings (SSSR count). The molecular formula is C16H12BrFO. The maximum atomic E-state index is 13.6. The van der Waals surface area contributed by atoms with Gasteiger partial charge in [0.15, 0.2) is 5.78 Å². The Morgan fingerprint density at radius 3 is 2.84 bits per heavy atom. The van der Waals surface area contributed by atoms with Crippen molar-refractivity contribution in [2.45, 2.75) is 18.8 Å². The summed E-state index contributed by atoms with van der Waals surface area (Å²) in [5.41, 5.74) is 2.71. The Morgan fingerprint density at radius 1 is 1.26 bits per heavy atom. The summed E-state index contributed by atoms with van der Waals surface area (Å²) in [6.45, 7) is 0. The minimum absolute atomic E-state index is 0.127. The van der Waals surface area contributed by atoms with E-state index in [0.717, 1.165) is 10.9 Å². The van der Waals surface area contributed by atoms with Gasteiger partial charge < -0.3 is 0 Å². The molecule has 0 saturated heterocycles. The molecular weight excluding hydrogens is 307 g/mol. The Morgan fingerprint density at radius 2 is 2.05 bits per heavy atom. The zero-order chi connectivity index (χ0) is 13.4. The topological polar surface area (TPSA) is 17.1 Å². The van der Waals surface area contributed by atoms with Crippen molar-refractivity contribution in [1.29, 1.82) is 0 Å². The molecule has 0 aliphatic heterocycles. The smallest absolute Gasteiger partial charge is 0.166 e. The Labute approximate surface area is 119 Å². The van der Waals surface area contributed by atoms with Crippen LogP contribution in [0.2, 0.25) is 0 Å². The lowest BCUT2D eigenvalue weighted by molar-refractivity contribution is 0.0966. The third-order valence-electron chi connectivity index (χ3n) is 3.62. The van der Waals surface area contributed by atoms with Gasteiger partial charge >= 0.3 is 0 Å². The average molecular weight is 319 g/mol. The Kier molecular flexibility index (Phi) is 3.23. The predicted molar refractivity (Wildman–Crippen MR) is 75.9 cm³/mol. The van der Waals surface area contributed by atoms with Crippen LogP contribution in [-0.2, 0) is 6.42 Å². The molecule has 1 atom stereocenters. The van der Waals surface area contributed by atoms with Crippen molar-refractivity contribution in [2.75, 3.05) is 0 Å². The standard InChI is InChI=1S/C16H12BrFO/c17-12-5-6-15(18)14(9-12)16(19)8-11-7-10-3-1-2-4-13(10)11/h1-6,9,11H,7-8H2. The van der Waals surface area contributed by atoms with E-state index >= 15 is 0 Å². The number of ketones is 1. The summed E-state index contributed by atoms with van der Waals surface area (Å²) in [6, 6.07) is 12.6. The number of carbonyl (C=O) groups is 1. The number of hydrogen-bond acceptors (Lipinski definition) is 1. The summed E-state index contributed by atoms with van der Waals surface area (Å²) in [6.07, 6.45) is 1.29.